The zero-order valence-electron chi connectivity index (χ0n) is 9.32. The molecule has 0 radical (unpaired) electrons. The van der Waals surface area contributed by atoms with Crippen molar-refractivity contribution in [2.75, 3.05) is 12.4 Å². The zero-order chi connectivity index (χ0) is 13.8. The van der Waals surface area contributed by atoms with Crippen molar-refractivity contribution in [2.24, 2.45) is 0 Å². The molecule has 1 heterocycles. The third-order valence-corrected chi connectivity index (χ3v) is 1.80. The molecule has 1 aromatic rings. The van der Waals surface area contributed by atoms with Crippen LogP contribution in [-0.2, 0) is 20.9 Å². The van der Waals surface area contributed by atoms with Crippen LogP contribution in [0.5, 0.6) is 0 Å². The third-order valence-electron chi connectivity index (χ3n) is 1.80. The van der Waals surface area contributed by atoms with Crippen molar-refractivity contribution >= 4 is 17.6 Å². The highest BCUT2D eigenvalue weighted by Crippen LogP contribution is 2.20. The van der Waals surface area contributed by atoms with Gasteiger partial charge >= 0.3 is 12.1 Å². The molecule has 0 aliphatic carbocycles. The van der Waals surface area contributed by atoms with E-state index in [9.17, 15) is 22.8 Å². The Kier molecular flexibility index (Phi) is 4.29. The molecule has 0 aromatic carbocycles. The van der Waals surface area contributed by atoms with E-state index in [4.69, 9.17) is 0 Å². The number of aromatic nitrogens is 2. The minimum absolute atomic E-state index is 0.0770. The average Bonchev–Trinajstić information content (AvgIpc) is 2.62. The van der Waals surface area contributed by atoms with E-state index in [-0.39, 0.29) is 12.2 Å². The van der Waals surface area contributed by atoms with Gasteiger partial charge in [0.15, 0.2) is 0 Å². The minimum Gasteiger partial charge on any atom is -0.468 e. The molecule has 0 atom stereocenters. The number of nitrogens with zero attached hydrogens (tertiary/aromatic N) is 2. The van der Waals surface area contributed by atoms with Gasteiger partial charge in [0, 0.05) is 6.20 Å². The smallest absolute Gasteiger partial charge is 0.397 e. The third kappa shape index (κ3) is 4.85. The van der Waals surface area contributed by atoms with Gasteiger partial charge in [-0.1, -0.05) is 0 Å². The molecule has 1 aromatic heterocycles. The highest BCUT2D eigenvalue weighted by Gasteiger charge is 2.31. The van der Waals surface area contributed by atoms with Crippen molar-refractivity contribution in [3.8, 4) is 0 Å². The van der Waals surface area contributed by atoms with E-state index >= 15 is 0 Å². The molecule has 0 bridgehead atoms. The number of anilines is 1. The Morgan fingerprint density at radius 3 is 2.72 bits per heavy atom. The van der Waals surface area contributed by atoms with E-state index in [1.54, 1.807) is 0 Å². The van der Waals surface area contributed by atoms with Crippen molar-refractivity contribution in [1.29, 1.82) is 0 Å². The number of rotatable bonds is 4. The monoisotopic (exact) mass is 265 g/mol. The lowest BCUT2D eigenvalue weighted by atomic mass is 10.4. The zero-order valence-corrected chi connectivity index (χ0v) is 9.32. The van der Waals surface area contributed by atoms with Crippen molar-refractivity contribution in [3.63, 3.8) is 0 Å². The maximum Gasteiger partial charge on any atom is 0.397 e. The number of amides is 1. The molecule has 100 valence electrons. The van der Waals surface area contributed by atoms with E-state index in [0.717, 1.165) is 10.9 Å². The number of carbonyl (C=O) groups is 2. The summed E-state index contributed by atoms with van der Waals surface area (Å²) in [6.45, 7) is -0.189. The van der Waals surface area contributed by atoms with Crippen LogP contribution in [0.3, 0.4) is 0 Å². The van der Waals surface area contributed by atoms with Crippen LogP contribution in [-0.4, -0.2) is 34.9 Å². The standard InChI is InChI=1S/C9H10F3N3O3/c1-18-8(17)5-15-4-6(3-13-15)14-7(16)2-9(10,11)12/h3-4H,2,5H2,1H3,(H,14,16). The molecule has 1 amide bonds. The molecule has 0 fully saturated rings. The molecular weight excluding hydrogens is 255 g/mol. The molecule has 0 saturated heterocycles. The van der Waals surface area contributed by atoms with E-state index in [1.165, 1.54) is 13.3 Å². The first-order valence-corrected chi connectivity index (χ1v) is 4.76. The minimum atomic E-state index is -4.56. The second kappa shape index (κ2) is 5.52. The van der Waals surface area contributed by atoms with Gasteiger partial charge in [-0.2, -0.15) is 18.3 Å². The van der Waals surface area contributed by atoms with Gasteiger partial charge in [0.1, 0.15) is 13.0 Å². The summed E-state index contributed by atoms with van der Waals surface area (Å²) in [7, 11) is 1.19. The largest absolute Gasteiger partial charge is 0.468 e. The predicted molar refractivity (Wildman–Crippen MR) is 53.5 cm³/mol. The van der Waals surface area contributed by atoms with E-state index in [0.29, 0.717) is 0 Å². The van der Waals surface area contributed by atoms with Crippen LogP contribution < -0.4 is 5.32 Å². The second-order valence-electron chi connectivity index (χ2n) is 3.34. The molecule has 0 aliphatic heterocycles. The molecule has 9 heteroatoms. The van der Waals surface area contributed by atoms with Gasteiger partial charge in [-0.15, -0.1) is 0 Å². The lowest BCUT2D eigenvalue weighted by molar-refractivity contribution is -0.150. The van der Waals surface area contributed by atoms with E-state index in [1.807, 2.05) is 5.32 Å². The maximum atomic E-state index is 11.9. The van der Waals surface area contributed by atoms with Crippen LogP contribution in [0.4, 0.5) is 18.9 Å². The molecule has 1 N–H and O–H groups in total. The predicted octanol–water partition coefficient (Wildman–Crippen LogP) is 0.947. The van der Waals surface area contributed by atoms with E-state index in [2.05, 4.69) is 9.84 Å². The Bertz CT molecular complexity index is 442. The van der Waals surface area contributed by atoms with Crippen LogP contribution in [0.25, 0.3) is 0 Å². The lowest BCUT2D eigenvalue weighted by Crippen LogP contribution is -2.20. The first-order chi connectivity index (χ1) is 8.30. The summed E-state index contributed by atoms with van der Waals surface area (Å²) in [6, 6.07) is 0. The number of halogens is 3. The number of alkyl halides is 3. The van der Waals surface area contributed by atoms with Crippen molar-refractivity contribution in [2.45, 2.75) is 19.1 Å². The number of nitrogens with one attached hydrogen (secondary N) is 1. The van der Waals surface area contributed by atoms with Gasteiger partial charge in [0.2, 0.25) is 5.91 Å². The summed E-state index contributed by atoms with van der Waals surface area (Å²) in [5.41, 5.74) is 0.0770. The summed E-state index contributed by atoms with van der Waals surface area (Å²) < 4.78 is 41.2. The van der Waals surface area contributed by atoms with Gasteiger partial charge in [0.25, 0.3) is 0 Å². The van der Waals surface area contributed by atoms with Crippen molar-refractivity contribution < 1.29 is 27.5 Å². The Balaban J connectivity index is 2.54. The second-order valence-corrected chi connectivity index (χ2v) is 3.34. The van der Waals surface area contributed by atoms with Gasteiger partial charge in [-0.05, 0) is 0 Å². The fourth-order valence-electron chi connectivity index (χ4n) is 1.10. The lowest BCUT2D eigenvalue weighted by Gasteiger charge is -2.05. The maximum absolute atomic E-state index is 11.9. The number of hydrogen-bond acceptors (Lipinski definition) is 4. The number of carbonyl (C=O) groups excluding carboxylic acids is 2. The van der Waals surface area contributed by atoms with Crippen LogP contribution in [0, 0.1) is 0 Å². The Hall–Kier alpha value is -2.06. The first kappa shape index (κ1) is 14.0. The quantitative estimate of drug-likeness (QED) is 0.822. The number of hydrogen-bond donors (Lipinski definition) is 1. The fraction of sp³-hybridized carbons (Fsp3) is 0.444. The molecular formula is C9H10F3N3O3. The normalized spacial score (nSPS) is 11.1. The Morgan fingerprint density at radius 1 is 1.50 bits per heavy atom. The highest BCUT2D eigenvalue weighted by atomic mass is 19.4. The van der Waals surface area contributed by atoms with Crippen molar-refractivity contribution in [1.82, 2.24) is 9.78 Å². The topological polar surface area (TPSA) is 73.2 Å². The van der Waals surface area contributed by atoms with Crippen LogP contribution >= 0.6 is 0 Å². The molecule has 0 aliphatic rings. The molecule has 18 heavy (non-hydrogen) atoms. The average molecular weight is 265 g/mol. The first-order valence-electron chi connectivity index (χ1n) is 4.76. The van der Waals surface area contributed by atoms with Crippen molar-refractivity contribution in [3.05, 3.63) is 12.4 Å². The van der Waals surface area contributed by atoms with Gasteiger partial charge in [-0.3, -0.25) is 14.3 Å². The summed E-state index contributed by atoms with van der Waals surface area (Å²) in [5, 5.41) is 5.69. The highest BCUT2D eigenvalue weighted by molar-refractivity contribution is 5.90. The fourth-order valence-corrected chi connectivity index (χ4v) is 1.10. The van der Waals surface area contributed by atoms with Crippen LogP contribution in [0.1, 0.15) is 6.42 Å². The molecule has 0 saturated carbocycles. The summed E-state index contributed by atoms with van der Waals surface area (Å²) >= 11 is 0. The summed E-state index contributed by atoms with van der Waals surface area (Å²) in [6.07, 6.45) is -3.77. The van der Waals surface area contributed by atoms with Crippen LogP contribution in [0.15, 0.2) is 12.4 Å². The van der Waals surface area contributed by atoms with Gasteiger partial charge in [0.05, 0.1) is 19.0 Å². The SMILES string of the molecule is COC(=O)Cn1cc(NC(=O)CC(F)(F)F)cn1. The molecule has 6 nitrogen and oxygen atoms in total. The molecule has 0 spiro atoms. The number of ether oxygens (including phenoxy) is 1. The van der Waals surface area contributed by atoms with E-state index < -0.39 is 24.5 Å². The van der Waals surface area contributed by atoms with Gasteiger partial charge < -0.3 is 10.1 Å². The summed E-state index contributed by atoms with van der Waals surface area (Å²) in [5.74, 6) is -1.76. The Labute approximate surface area is 99.7 Å². The number of esters is 1. The number of methoxy groups -OCH3 is 1. The summed E-state index contributed by atoms with van der Waals surface area (Å²) in [4.78, 5) is 21.8. The van der Waals surface area contributed by atoms with Gasteiger partial charge in [-0.25, -0.2) is 0 Å². The van der Waals surface area contributed by atoms with Crippen LogP contribution in [0.2, 0.25) is 0 Å². The Morgan fingerprint density at radius 2 is 2.17 bits per heavy atom. The molecule has 1 rings (SSSR count). The molecule has 0 unspecified atom stereocenters.